The van der Waals surface area contributed by atoms with E-state index >= 15 is 0 Å². The van der Waals surface area contributed by atoms with E-state index in [0.717, 1.165) is 5.69 Å². The van der Waals surface area contributed by atoms with Crippen molar-refractivity contribution in [2.24, 2.45) is 7.05 Å². The van der Waals surface area contributed by atoms with Crippen LogP contribution in [0.2, 0.25) is 0 Å². The minimum absolute atomic E-state index is 0.0521. The number of rotatable bonds is 4. The van der Waals surface area contributed by atoms with Crippen LogP contribution in [-0.4, -0.2) is 27.3 Å². The molecule has 6 nitrogen and oxygen atoms in total. The largest absolute Gasteiger partial charge is 0.435 e. The van der Waals surface area contributed by atoms with Crippen molar-refractivity contribution < 1.29 is 18.3 Å². The molecule has 0 bridgehead atoms. The van der Waals surface area contributed by atoms with Crippen molar-refractivity contribution in [2.75, 3.05) is 5.32 Å². The lowest BCUT2D eigenvalue weighted by Crippen LogP contribution is -2.15. The van der Waals surface area contributed by atoms with Gasteiger partial charge in [0.25, 0.3) is 5.91 Å². The van der Waals surface area contributed by atoms with Gasteiger partial charge in [-0.15, -0.1) is 0 Å². The molecule has 23 heavy (non-hydrogen) atoms. The molecule has 3 aromatic rings. The van der Waals surface area contributed by atoms with Gasteiger partial charge >= 0.3 is 6.61 Å². The van der Waals surface area contributed by atoms with Crippen LogP contribution in [-0.2, 0) is 7.05 Å². The predicted octanol–water partition coefficient (Wildman–Crippen LogP) is 3.19. The number of alkyl halides is 2. The van der Waals surface area contributed by atoms with Crippen molar-refractivity contribution in [1.82, 2.24) is 14.8 Å². The van der Waals surface area contributed by atoms with Crippen LogP contribution in [0.25, 0.3) is 10.2 Å². The first kappa shape index (κ1) is 15.3. The average molecular weight is 338 g/mol. The summed E-state index contributed by atoms with van der Waals surface area (Å²) in [4.78, 5) is 16.5. The summed E-state index contributed by atoms with van der Waals surface area (Å²) in [6.45, 7) is -1.09. The second-order valence-electron chi connectivity index (χ2n) is 4.78. The number of aryl methyl sites for hydroxylation is 2. The van der Waals surface area contributed by atoms with Crippen molar-refractivity contribution in [2.45, 2.75) is 13.5 Å². The lowest BCUT2D eigenvalue weighted by atomic mass is 10.3. The van der Waals surface area contributed by atoms with E-state index in [-0.39, 0.29) is 11.7 Å². The van der Waals surface area contributed by atoms with E-state index in [0.29, 0.717) is 21.0 Å². The fourth-order valence-electron chi connectivity index (χ4n) is 2.12. The van der Waals surface area contributed by atoms with Gasteiger partial charge in [-0.1, -0.05) is 11.3 Å². The van der Waals surface area contributed by atoms with Crippen LogP contribution in [0.15, 0.2) is 24.3 Å². The molecule has 0 saturated carbocycles. The second kappa shape index (κ2) is 5.92. The van der Waals surface area contributed by atoms with Gasteiger partial charge < -0.3 is 4.74 Å². The number of carbonyl (C=O) groups excluding carboxylic acids is 1. The van der Waals surface area contributed by atoms with E-state index in [2.05, 4.69) is 20.1 Å². The number of nitrogens with zero attached hydrogens (tertiary/aromatic N) is 3. The predicted molar refractivity (Wildman–Crippen MR) is 82.2 cm³/mol. The van der Waals surface area contributed by atoms with Crippen molar-refractivity contribution in [3.8, 4) is 5.75 Å². The van der Waals surface area contributed by atoms with Crippen molar-refractivity contribution >= 4 is 32.6 Å². The summed E-state index contributed by atoms with van der Waals surface area (Å²) < 4.78 is 30.9. The molecule has 0 aliphatic carbocycles. The summed E-state index contributed by atoms with van der Waals surface area (Å²) in [7, 11) is 1.67. The molecule has 1 N–H and O–H groups in total. The Balaban J connectivity index is 1.83. The number of carbonyl (C=O) groups is 1. The molecule has 0 aliphatic rings. The molecule has 0 spiro atoms. The topological polar surface area (TPSA) is 69.0 Å². The third-order valence-corrected chi connectivity index (χ3v) is 3.97. The van der Waals surface area contributed by atoms with Crippen LogP contribution in [0.4, 0.5) is 13.9 Å². The summed E-state index contributed by atoms with van der Waals surface area (Å²) in [5, 5.41) is 7.16. The number of hydrogen-bond donors (Lipinski definition) is 1. The zero-order chi connectivity index (χ0) is 16.6. The molecule has 0 fully saturated rings. The van der Waals surface area contributed by atoms with Gasteiger partial charge in [-0.25, -0.2) is 4.98 Å². The van der Waals surface area contributed by atoms with Crippen LogP contribution in [0.5, 0.6) is 5.75 Å². The third kappa shape index (κ3) is 3.29. The summed E-state index contributed by atoms with van der Waals surface area (Å²) in [5.41, 5.74) is 1.73. The van der Waals surface area contributed by atoms with Crippen molar-refractivity contribution in [3.05, 3.63) is 35.7 Å². The van der Waals surface area contributed by atoms with Gasteiger partial charge in [0, 0.05) is 7.05 Å². The number of halogens is 2. The molecular weight excluding hydrogens is 326 g/mol. The zero-order valence-corrected chi connectivity index (χ0v) is 13.0. The number of anilines is 1. The van der Waals surface area contributed by atoms with Gasteiger partial charge in [0.1, 0.15) is 11.4 Å². The van der Waals surface area contributed by atoms with E-state index in [1.54, 1.807) is 26.1 Å². The fraction of sp³-hybridized carbons (Fsp3) is 0.214. The molecule has 0 saturated heterocycles. The second-order valence-corrected chi connectivity index (χ2v) is 5.81. The van der Waals surface area contributed by atoms with Crippen LogP contribution < -0.4 is 10.1 Å². The van der Waals surface area contributed by atoms with Gasteiger partial charge in [0.05, 0.1) is 15.9 Å². The summed E-state index contributed by atoms with van der Waals surface area (Å²) in [6.07, 6.45) is 0. The number of fused-ring (bicyclic) bond motifs is 1. The molecule has 2 heterocycles. The van der Waals surface area contributed by atoms with Crippen LogP contribution in [0.1, 0.15) is 16.2 Å². The van der Waals surface area contributed by atoms with Crippen LogP contribution in [0, 0.1) is 6.92 Å². The molecule has 0 aliphatic heterocycles. The minimum Gasteiger partial charge on any atom is -0.435 e. The molecule has 9 heteroatoms. The summed E-state index contributed by atoms with van der Waals surface area (Å²) in [5.74, 6) is -0.285. The van der Waals surface area contributed by atoms with Gasteiger partial charge in [-0.05, 0) is 31.2 Å². The van der Waals surface area contributed by atoms with Gasteiger partial charge in [-0.3, -0.25) is 14.8 Å². The van der Waals surface area contributed by atoms with E-state index in [9.17, 15) is 13.6 Å². The Labute approximate surface area is 133 Å². The van der Waals surface area contributed by atoms with Gasteiger partial charge in [0.15, 0.2) is 5.13 Å². The van der Waals surface area contributed by atoms with E-state index < -0.39 is 6.61 Å². The highest BCUT2D eigenvalue weighted by molar-refractivity contribution is 7.22. The van der Waals surface area contributed by atoms with Crippen LogP contribution >= 0.6 is 11.3 Å². The van der Waals surface area contributed by atoms with E-state index in [1.807, 2.05) is 0 Å². The van der Waals surface area contributed by atoms with Crippen LogP contribution in [0.3, 0.4) is 0 Å². The Bertz CT molecular complexity index is 875. The van der Waals surface area contributed by atoms with Crippen molar-refractivity contribution in [1.29, 1.82) is 0 Å². The maximum absolute atomic E-state index is 12.2. The number of thiazole rings is 1. The molecule has 120 valence electrons. The molecule has 0 atom stereocenters. The Morgan fingerprint density at radius 3 is 2.83 bits per heavy atom. The standard InChI is InChI=1S/C14H12F2N4O2S/c1-7-5-10(20(2)19-7)12(21)18-14-17-9-4-3-8(22-13(15)16)6-11(9)23-14/h3-6,13H,1-2H3,(H,17,18,21). The molecule has 0 unspecified atom stereocenters. The first-order valence-electron chi connectivity index (χ1n) is 6.60. The molecule has 2 aromatic heterocycles. The Kier molecular flexibility index (Phi) is 3.95. The first-order valence-corrected chi connectivity index (χ1v) is 7.41. The molecule has 0 radical (unpaired) electrons. The Morgan fingerprint density at radius 2 is 2.17 bits per heavy atom. The number of benzene rings is 1. The lowest BCUT2D eigenvalue weighted by Gasteiger charge is -2.02. The van der Waals surface area contributed by atoms with E-state index in [1.165, 1.54) is 28.2 Å². The first-order chi connectivity index (χ1) is 10.9. The average Bonchev–Trinajstić information content (AvgIpc) is 2.99. The summed E-state index contributed by atoms with van der Waals surface area (Å²) in [6, 6.07) is 6.10. The number of ether oxygens (including phenoxy) is 1. The van der Waals surface area contributed by atoms with Gasteiger partial charge in [-0.2, -0.15) is 13.9 Å². The number of hydrogen-bond acceptors (Lipinski definition) is 5. The zero-order valence-electron chi connectivity index (χ0n) is 12.2. The summed E-state index contributed by atoms with van der Waals surface area (Å²) >= 11 is 1.18. The highest BCUT2D eigenvalue weighted by Crippen LogP contribution is 2.30. The highest BCUT2D eigenvalue weighted by Gasteiger charge is 2.15. The number of aromatic nitrogens is 3. The lowest BCUT2D eigenvalue weighted by molar-refractivity contribution is -0.0497. The highest BCUT2D eigenvalue weighted by atomic mass is 32.1. The quantitative estimate of drug-likeness (QED) is 0.793. The minimum atomic E-state index is -2.88. The normalized spacial score (nSPS) is 11.2. The van der Waals surface area contributed by atoms with Gasteiger partial charge in [0.2, 0.25) is 0 Å². The molecule has 1 aromatic carbocycles. The smallest absolute Gasteiger partial charge is 0.387 e. The fourth-order valence-corrected chi connectivity index (χ4v) is 3.01. The van der Waals surface area contributed by atoms with Crippen molar-refractivity contribution in [3.63, 3.8) is 0 Å². The monoisotopic (exact) mass is 338 g/mol. The molecular formula is C14H12F2N4O2S. The molecule has 1 amide bonds. The Morgan fingerprint density at radius 1 is 1.39 bits per heavy atom. The Hall–Kier alpha value is -2.55. The maximum Gasteiger partial charge on any atom is 0.387 e. The number of amides is 1. The van der Waals surface area contributed by atoms with E-state index in [4.69, 9.17) is 0 Å². The SMILES string of the molecule is Cc1cc(C(=O)Nc2nc3ccc(OC(F)F)cc3s2)n(C)n1. The number of nitrogens with one attached hydrogen (secondary N) is 1. The third-order valence-electron chi connectivity index (χ3n) is 3.04. The maximum atomic E-state index is 12.2. The molecule has 3 rings (SSSR count).